The molecule has 0 bridgehead atoms. The maximum absolute atomic E-state index is 8.90. The van der Waals surface area contributed by atoms with Gasteiger partial charge in [-0.15, -0.1) is 0 Å². The van der Waals surface area contributed by atoms with Crippen molar-refractivity contribution in [3.05, 3.63) is 77.7 Å². The molecule has 3 N–H and O–H groups in total. The van der Waals surface area contributed by atoms with Crippen molar-refractivity contribution in [3.63, 3.8) is 0 Å². The van der Waals surface area contributed by atoms with Crippen LogP contribution in [0.25, 0.3) is 16.8 Å². The molecule has 0 aliphatic rings. The predicted octanol–water partition coefficient (Wildman–Crippen LogP) is 3.88. The summed E-state index contributed by atoms with van der Waals surface area (Å²) < 4.78 is 1.89. The number of aliphatic hydroxyl groups excluding tert-OH is 1. The fourth-order valence-electron chi connectivity index (χ4n) is 3.03. The maximum atomic E-state index is 8.90. The number of rotatable bonds is 7. The van der Waals surface area contributed by atoms with Crippen LogP contribution in [0, 0.1) is 0 Å². The van der Waals surface area contributed by atoms with E-state index in [9.17, 15) is 0 Å². The number of nitrogens with zero attached hydrogens (tertiary/aromatic N) is 3. The van der Waals surface area contributed by atoms with E-state index in [1.165, 1.54) is 0 Å². The third-order valence-electron chi connectivity index (χ3n) is 4.36. The van der Waals surface area contributed by atoms with Gasteiger partial charge in [-0.3, -0.25) is 4.40 Å². The quantitative estimate of drug-likeness (QED) is 0.415. The molecule has 4 aromatic rings. The number of halogens is 1. The number of fused-ring (bicyclic) bond motifs is 1. The van der Waals surface area contributed by atoms with Crippen LogP contribution in [-0.2, 0) is 6.54 Å². The second-order valence-corrected chi connectivity index (χ2v) is 6.67. The molecule has 0 spiro atoms. The zero-order valence-electron chi connectivity index (χ0n) is 15.1. The number of imidazole rings is 1. The first-order valence-corrected chi connectivity index (χ1v) is 9.39. The lowest BCUT2D eigenvalue weighted by Gasteiger charge is -2.12. The normalized spacial score (nSPS) is 11.1. The summed E-state index contributed by atoms with van der Waals surface area (Å²) in [5.41, 5.74) is 4.44. The fourth-order valence-corrected chi connectivity index (χ4v) is 3.31. The van der Waals surface area contributed by atoms with Gasteiger partial charge in [-0.25, -0.2) is 9.97 Å². The molecule has 4 rings (SSSR count). The molecule has 0 atom stereocenters. The summed E-state index contributed by atoms with van der Waals surface area (Å²) in [4.78, 5) is 9.03. The van der Waals surface area contributed by atoms with Crippen molar-refractivity contribution in [2.24, 2.45) is 0 Å². The summed E-state index contributed by atoms with van der Waals surface area (Å²) in [5, 5.41) is 16.0. The van der Waals surface area contributed by atoms with E-state index in [1.54, 1.807) is 6.20 Å². The molecule has 2 heterocycles. The van der Waals surface area contributed by atoms with Gasteiger partial charge in [0.2, 0.25) is 5.95 Å². The molecule has 0 amide bonds. The van der Waals surface area contributed by atoms with Gasteiger partial charge in [0.1, 0.15) is 5.65 Å². The minimum atomic E-state index is 0.0952. The average Bonchev–Trinajstić information content (AvgIpc) is 3.14. The SMILES string of the molecule is OCCNCc1cn2c(Nc3cccc(-c4ccccc4)c3Cl)nccc2n1. The highest BCUT2D eigenvalue weighted by Gasteiger charge is 2.11. The van der Waals surface area contributed by atoms with Gasteiger partial charge in [-0.2, -0.15) is 0 Å². The number of benzene rings is 2. The molecule has 28 heavy (non-hydrogen) atoms. The molecular weight excluding hydrogens is 374 g/mol. The highest BCUT2D eigenvalue weighted by molar-refractivity contribution is 6.36. The fraction of sp³-hybridized carbons (Fsp3) is 0.143. The smallest absolute Gasteiger partial charge is 0.213 e. The van der Waals surface area contributed by atoms with Gasteiger partial charge in [0.15, 0.2) is 0 Å². The lowest BCUT2D eigenvalue weighted by Crippen LogP contribution is -2.17. The molecule has 6 nitrogen and oxygen atoms in total. The van der Waals surface area contributed by atoms with E-state index in [4.69, 9.17) is 16.7 Å². The van der Waals surface area contributed by atoms with Gasteiger partial charge in [-0.1, -0.05) is 54.1 Å². The summed E-state index contributed by atoms with van der Waals surface area (Å²) in [6, 6.07) is 17.8. The Morgan fingerprint density at radius 3 is 2.71 bits per heavy atom. The number of aliphatic hydroxyl groups is 1. The monoisotopic (exact) mass is 393 g/mol. The Hall–Kier alpha value is -2.93. The average molecular weight is 394 g/mol. The largest absolute Gasteiger partial charge is 0.395 e. The Kier molecular flexibility index (Phi) is 5.53. The second-order valence-electron chi connectivity index (χ2n) is 6.29. The van der Waals surface area contributed by atoms with E-state index in [0.717, 1.165) is 28.2 Å². The number of aromatic nitrogens is 3. The molecule has 142 valence electrons. The van der Waals surface area contributed by atoms with E-state index < -0.39 is 0 Å². The molecule has 2 aromatic heterocycles. The Morgan fingerprint density at radius 2 is 1.89 bits per heavy atom. The van der Waals surface area contributed by atoms with Crippen LogP contribution in [0.1, 0.15) is 5.69 Å². The first kappa shape index (κ1) is 18.4. The number of anilines is 2. The van der Waals surface area contributed by atoms with Gasteiger partial charge < -0.3 is 15.7 Å². The summed E-state index contributed by atoms with van der Waals surface area (Å²) in [7, 11) is 0. The van der Waals surface area contributed by atoms with Crippen LogP contribution in [0.15, 0.2) is 67.0 Å². The zero-order valence-corrected chi connectivity index (χ0v) is 15.9. The molecule has 0 unspecified atom stereocenters. The van der Waals surface area contributed by atoms with Gasteiger partial charge >= 0.3 is 0 Å². The number of nitrogens with one attached hydrogen (secondary N) is 2. The Balaban J connectivity index is 1.65. The molecule has 0 aliphatic carbocycles. The summed E-state index contributed by atoms with van der Waals surface area (Å²) in [5.74, 6) is 0.630. The molecule has 2 aromatic carbocycles. The Morgan fingerprint density at radius 1 is 1.04 bits per heavy atom. The standard InChI is InChI=1S/C21H20ClN5O/c22-20-17(15-5-2-1-3-6-15)7-4-8-18(20)26-21-24-10-9-19-25-16(14-27(19)21)13-23-11-12-28/h1-10,14,23,28H,11-13H2,(H,24,26). The van der Waals surface area contributed by atoms with Crippen molar-refractivity contribution < 1.29 is 5.11 Å². The van der Waals surface area contributed by atoms with Crippen molar-refractivity contribution in [1.82, 2.24) is 19.7 Å². The summed E-state index contributed by atoms with van der Waals surface area (Å²) in [6.07, 6.45) is 3.63. The third-order valence-corrected chi connectivity index (χ3v) is 4.76. The van der Waals surface area contributed by atoms with Crippen LogP contribution >= 0.6 is 11.6 Å². The lowest BCUT2D eigenvalue weighted by molar-refractivity contribution is 0.291. The minimum absolute atomic E-state index is 0.0952. The summed E-state index contributed by atoms with van der Waals surface area (Å²) >= 11 is 6.69. The van der Waals surface area contributed by atoms with Crippen molar-refractivity contribution in [3.8, 4) is 11.1 Å². The topological polar surface area (TPSA) is 74.5 Å². The maximum Gasteiger partial charge on any atom is 0.213 e. The third kappa shape index (κ3) is 3.84. The van der Waals surface area contributed by atoms with Gasteiger partial charge in [0.25, 0.3) is 0 Å². The van der Waals surface area contributed by atoms with Gasteiger partial charge in [0.05, 0.1) is 23.0 Å². The van der Waals surface area contributed by atoms with Crippen molar-refractivity contribution in [2.75, 3.05) is 18.5 Å². The van der Waals surface area contributed by atoms with Crippen LogP contribution in [0.2, 0.25) is 5.02 Å². The highest BCUT2D eigenvalue weighted by Crippen LogP contribution is 2.34. The van der Waals surface area contributed by atoms with Crippen LogP contribution in [-0.4, -0.2) is 32.6 Å². The number of hydrogen-bond donors (Lipinski definition) is 3. The molecular formula is C21H20ClN5O. The van der Waals surface area contributed by atoms with E-state index in [1.807, 2.05) is 65.2 Å². The zero-order chi connectivity index (χ0) is 19.3. The molecule has 0 saturated carbocycles. The van der Waals surface area contributed by atoms with Crippen LogP contribution < -0.4 is 10.6 Å². The van der Waals surface area contributed by atoms with Crippen molar-refractivity contribution >= 4 is 28.9 Å². The van der Waals surface area contributed by atoms with Crippen LogP contribution in [0.5, 0.6) is 0 Å². The highest BCUT2D eigenvalue weighted by atomic mass is 35.5. The first-order chi connectivity index (χ1) is 13.8. The second kappa shape index (κ2) is 8.39. The van der Waals surface area contributed by atoms with Gasteiger partial charge in [0, 0.05) is 31.0 Å². The van der Waals surface area contributed by atoms with E-state index in [-0.39, 0.29) is 6.61 Å². The molecule has 0 fully saturated rings. The summed E-state index contributed by atoms with van der Waals surface area (Å²) in [6.45, 7) is 1.20. The molecule has 0 saturated heterocycles. The Bertz CT molecular complexity index is 1080. The van der Waals surface area contributed by atoms with Gasteiger partial charge in [-0.05, 0) is 17.7 Å². The first-order valence-electron chi connectivity index (χ1n) is 9.02. The minimum Gasteiger partial charge on any atom is -0.395 e. The molecule has 0 aliphatic heterocycles. The molecule has 0 radical (unpaired) electrons. The van der Waals surface area contributed by atoms with Crippen LogP contribution in [0.3, 0.4) is 0 Å². The van der Waals surface area contributed by atoms with Crippen molar-refractivity contribution in [2.45, 2.75) is 6.54 Å². The van der Waals surface area contributed by atoms with Crippen molar-refractivity contribution in [1.29, 1.82) is 0 Å². The molecule has 7 heteroatoms. The lowest BCUT2D eigenvalue weighted by atomic mass is 10.1. The van der Waals surface area contributed by atoms with E-state index in [2.05, 4.69) is 20.6 Å². The number of hydrogen-bond acceptors (Lipinski definition) is 5. The predicted molar refractivity (Wildman–Crippen MR) is 112 cm³/mol. The van der Waals surface area contributed by atoms with Crippen LogP contribution in [0.4, 0.5) is 11.6 Å². The van der Waals surface area contributed by atoms with E-state index >= 15 is 0 Å². The Labute approximate surface area is 167 Å². The van der Waals surface area contributed by atoms with E-state index in [0.29, 0.717) is 24.1 Å².